The molecule has 1 unspecified atom stereocenters. The molecule has 3 aromatic rings. The second kappa shape index (κ2) is 5.00. The topological polar surface area (TPSA) is 29.9 Å². The maximum absolute atomic E-state index is 6.17. The lowest BCUT2D eigenvalue weighted by Crippen LogP contribution is -2.31. The average molecular weight is 300 g/mol. The van der Waals surface area contributed by atoms with E-state index in [9.17, 15) is 0 Å². The summed E-state index contributed by atoms with van der Waals surface area (Å²) in [7, 11) is 0. The minimum absolute atomic E-state index is 0.468. The normalized spacial score (nSPS) is 19.4. The summed E-state index contributed by atoms with van der Waals surface area (Å²) in [5.74, 6) is 0. The molecule has 1 atom stereocenters. The van der Waals surface area contributed by atoms with Crippen molar-refractivity contribution >= 4 is 33.5 Å². The third-order valence-electron chi connectivity index (χ3n) is 4.40. The van der Waals surface area contributed by atoms with E-state index < -0.39 is 0 Å². The van der Waals surface area contributed by atoms with Gasteiger partial charge in [-0.15, -0.1) is 0 Å². The minimum atomic E-state index is 0.468. The summed E-state index contributed by atoms with van der Waals surface area (Å²) >= 11 is 6.17. The molecule has 4 rings (SSSR count). The first-order valence-electron chi connectivity index (χ1n) is 7.50. The number of aromatic nitrogens is 2. The van der Waals surface area contributed by atoms with Gasteiger partial charge >= 0.3 is 0 Å². The fourth-order valence-electron chi connectivity index (χ4n) is 3.44. The Kier molecular flexibility index (Phi) is 3.12. The Hall–Kier alpha value is -1.58. The van der Waals surface area contributed by atoms with Crippen LogP contribution in [0.1, 0.15) is 24.4 Å². The van der Waals surface area contributed by atoms with Crippen molar-refractivity contribution in [2.24, 2.45) is 0 Å². The Morgan fingerprint density at radius 1 is 1.29 bits per heavy atom. The van der Waals surface area contributed by atoms with Crippen molar-refractivity contribution in [3.8, 4) is 0 Å². The number of fused-ring (bicyclic) bond motifs is 3. The highest BCUT2D eigenvalue weighted by Crippen LogP contribution is 2.34. The van der Waals surface area contributed by atoms with E-state index in [0.717, 1.165) is 24.1 Å². The third kappa shape index (κ3) is 2.12. The molecule has 0 bridgehead atoms. The number of aryl methyl sites for hydroxylation is 1. The molecule has 108 valence electrons. The van der Waals surface area contributed by atoms with E-state index in [2.05, 4.69) is 40.0 Å². The van der Waals surface area contributed by atoms with Gasteiger partial charge in [-0.3, -0.25) is 0 Å². The highest BCUT2D eigenvalue weighted by Gasteiger charge is 2.21. The van der Waals surface area contributed by atoms with Crippen molar-refractivity contribution in [2.75, 3.05) is 13.1 Å². The highest BCUT2D eigenvalue weighted by molar-refractivity contribution is 6.31. The predicted octanol–water partition coefficient (Wildman–Crippen LogP) is 4.08. The quantitative estimate of drug-likeness (QED) is 0.734. The van der Waals surface area contributed by atoms with E-state index in [4.69, 9.17) is 11.6 Å². The number of piperidine rings is 1. The van der Waals surface area contributed by atoms with Crippen molar-refractivity contribution in [2.45, 2.75) is 25.8 Å². The van der Waals surface area contributed by atoms with Gasteiger partial charge in [0, 0.05) is 29.6 Å². The molecule has 0 saturated carbocycles. The van der Waals surface area contributed by atoms with E-state index in [1.165, 1.54) is 29.3 Å². The summed E-state index contributed by atoms with van der Waals surface area (Å²) < 4.78 is 2.40. The number of benzene rings is 1. The van der Waals surface area contributed by atoms with Crippen LogP contribution in [0.4, 0.5) is 0 Å². The molecule has 1 aliphatic rings. The lowest BCUT2D eigenvalue weighted by molar-refractivity contribution is 0.384. The Bertz CT molecular complexity index is 756. The number of hydrogen-bond acceptors (Lipinski definition) is 2. The van der Waals surface area contributed by atoms with Gasteiger partial charge in [0.2, 0.25) is 0 Å². The van der Waals surface area contributed by atoms with Gasteiger partial charge < -0.3 is 9.88 Å². The van der Waals surface area contributed by atoms with Crippen LogP contribution in [-0.2, 0) is 0 Å². The molecule has 3 nitrogen and oxygen atoms in total. The first-order chi connectivity index (χ1) is 10.2. The molecule has 3 heterocycles. The van der Waals surface area contributed by atoms with Crippen LogP contribution in [0.3, 0.4) is 0 Å². The largest absolute Gasteiger partial charge is 0.321 e. The van der Waals surface area contributed by atoms with E-state index in [1.807, 2.05) is 6.07 Å². The molecule has 1 N–H and O–H groups in total. The SMILES string of the molecule is Cc1ccc2c(c1)c1cc(Cl)cnc1n2C1CCCNC1. The van der Waals surface area contributed by atoms with Gasteiger partial charge in [-0.2, -0.15) is 0 Å². The molecule has 1 saturated heterocycles. The van der Waals surface area contributed by atoms with Gasteiger partial charge in [0.05, 0.1) is 10.5 Å². The van der Waals surface area contributed by atoms with Crippen LogP contribution >= 0.6 is 11.6 Å². The fraction of sp³-hybridized carbons (Fsp3) is 0.353. The Labute approximate surface area is 128 Å². The Morgan fingerprint density at radius 2 is 2.19 bits per heavy atom. The number of nitrogens with zero attached hydrogens (tertiary/aromatic N) is 2. The zero-order valence-electron chi connectivity index (χ0n) is 12.1. The van der Waals surface area contributed by atoms with Crippen LogP contribution in [0, 0.1) is 6.92 Å². The lowest BCUT2D eigenvalue weighted by Gasteiger charge is -2.25. The maximum atomic E-state index is 6.17. The molecule has 2 aromatic heterocycles. The van der Waals surface area contributed by atoms with Gasteiger partial charge in [-0.05, 0) is 44.5 Å². The first kappa shape index (κ1) is 13.1. The minimum Gasteiger partial charge on any atom is -0.321 e. The molecule has 0 spiro atoms. The summed E-state index contributed by atoms with van der Waals surface area (Å²) in [6.07, 6.45) is 4.16. The van der Waals surface area contributed by atoms with Crippen molar-refractivity contribution in [3.05, 3.63) is 41.0 Å². The Balaban J connectivity index is 2.06. The zero-order valence-corrected chi connectivity index (χ0v) is 12.8. The summed E-state index contributed by atoms with van der Waals surface area (Å²) in [6, 6.07) is 9.14. The summed E-state index contributed by atoms with van der Waals surface area (Å²) in [5, 5.41) is 6.61. The number of hydrogen-bond donors (Lipinski definition) is 1. The molecule has 21 heavy (non-hydrogen) atoms. The van der Waals surface area contributed by atoms with E-state index in [-0.39, 0.29) is 0 Å². The smallest absolute Gasteiger partial charge is 0.141 e. The van der Waals surface area contributed by atoms with Gasteiger partial charge in [0.15, 0.2) is 0 Å². The number of halogens is 1. The predicted molar refractivity (Wildman–Crippen MR) is 88.1 cm³/mol. The second-order valence-corrected chi connectivity index (χ2v) is 6.35. The van der Waals surface area contributed by atoms with Crippen LogP contribution in [0.15, 0.2) is 30.5 Å². The van der Waals surface area contributed by atoms with Gasteiger partial charge in [-0.1, -0.05) is 23.2 Å². The van der Waals surface area contributed by atoms with Crippen molar-refractivity contribution < 1.29 is 0 Å². The number of rotatable bonds is 1. The van der Waals surface area contributed by atoms with Crippen LogP contribution in [0.5, 0.6) is 0 Å². The van der Waals surface area contributed by atoms with Gasteiger partial charge in [-0.25, -0.2) is 4.98 Å². The zero-order chi connectivity index (χ0) is 14.4. The van der Waals surface area contributed by atoms with E-state index in [1.54, 1.807) is 6.20 Å². The lowest BCUT2D eigenvalue weighted by atomic mass is 10.1. The summed E-state index contributed by atoms with van der Waals surface area (Å²) in [6.45, 7) is 4.26. The number of nitrogens with one attached hydrogen (secondary N) is 1. The second-order valence-electron chi connectivity index (χ2n) is 5.92. The van der Waals surface area contributed by atoms with Gasteiger partial charge in [0.1, 0.15) is 5.65 Å². The molecular weight excluding hydrogens is 282 g/mol. The molecule has 0 amide bonds. The van der Waals surface area contributed by atoms with E-state index in [0.29, 0.717) is 11.1 Å². The fourth-order valence-corrected chi connectivity index (χ4v) is 3.59. The molecule has 1 aliphatic heterocycles. The molecular formula is C17H18ClN3. The third-order valence-corrected chi connectivity index (χ3v) is 4.61. The van der Waals surface area contributed by atoms with Crippen molar-refractivity contribution in [1.82, 2.24) is 14.9 Å². The molecule has 0 aliphatic carbocycles. The van der Waals surface area contributed by atoms with Crippen molar-refractivity contribution in [3.63, 3.8) is 0 Å². The molecule has 4 heteroatoms. The Morgan fingerprint density at radius 3 is 3.00 bits per heavy atom. The highest BCUT2D eigenvalue weighted by atomic mass is 35.5. The van der Waals surface area contributed by atoms with E-state index >= 15 is 0 Å². The van der Waals surface area contributed by atoms with Crippen LogP contribution in [-0.4, -0.2) is 22.6 Å². The molecule has 1 fully saturated rings. The maximum Gasteiger partial charge on any atom is 0.141 e. The molecule has 0 radical (unpaired) electrons. The standard InChI is InChI=1S/C17H18ClN3/c1-11-4-5-16-14(7-11)15-8-12(18)9-20-17(15)21(16)13-3-2-6-19-10-13/h4-5,7-9,13,19H,2-3,6,10H2,1H3. The summed E-state index contributed by atoms with van der Waals surface area (Å²) in [5.41, 5.74) is 3.58. The number of pyridine rings is 1. The van der Waals surface area contributed by atoms with Crippen LogP contribution in [0.2, 0.25) is 5.02 Å². The molecule has 1 aromatic carbocycles. The monoisotopic (exact) mass is 299 g/mol. The first-order valence-corrected chi connectivity index (χ1v) is 7.88. The van der Waals surface area contributed by atoms with Crippen molar-refractivity contribution in [1.29, 1.82) is 0 Å². The van der Waals surface area contributed by atoms with Crippen LogP contribution < -0.4 is 5.32 Å². The van der Waals surface area contributed by atoms with Crippen LogP contribution in [0.25, 0.3) is 21.9 Å². The van der Waals surface area contributed by atoms with Gasteiger partial charge in [0.25, 0.3) is 0 Å². The summed E-state index contributed by atoms with van der Waals surface area (Å²) in [4.78, 5) is 4.63. The average Bonchev–Trinajstić information content (AvgIpc) is 2.81.